The molecule has 0 aromatic carbocycles. The molecule has 1 saturated heterocycles. The summed E-state index contributed by atoms with van der Waals surface area (Å²) in [6.45, 7) is 7.33. The number of carbonyl (C=O) groups is 2. The van der Waals surface area contributed by atoms with Gasteiger partial charge in [-0.15, -0.1) is 11.8 Å². The van der Waals surface area contributed by atoms with Crippen molar-refractivity contribution in [2.24, 2.45) is 11.3 Å². The molecule has 1 amide bonds. The van der Waals surface area contributed by atoms with Gasteiger partial charge in [-0.25, -0.2) is 4.79 Å². The van der Waals surface area contributed by atoms with Crippen molar-refractivity contribution in [1.82, 2.24) is 4.90 Å². The number of aliphatic hydroxyl groups is 1. The number of hydrogen-bond donors (Lipinski definition) is 2. The van der Waals surface area contributed by atoms with Gasteiger partial charge in [0.05, 0.1) is 12.0 Å². The predicted molar refractivity (Wildman–Crippen MR) is 67.5 cm³/mol. The summed E-state index contributed by atoms with van der Waals surface area (Å²) in [5.41, 5.74) is -0.237. The molecule has 0 unspecified atom stereocenters. The molecule has 6 heteroatoms. The molecule has 100 valence electrons. The summed E-state index contributed by atoms with van der Waals surface area (Å²) in [7, 11) is 0. The van der Waals surface area contributed by atoms with E-state index in [9.17, 15) is 19.8 Å². The third-order valence-corrected chi connectivity index (χ3v) is 4.97. The van der Waals surface area contributed by atoms with E-state index >= 15 is 0 Å². The van der Waals surface area contributed by atoms with Gasteiger partial charge in [-0.1, -0.05) is 20.8 Å². The summed E-state index contributed by atoms with van der Waals surface area (Å²) in [5.74, 6) is -1.87. The quantitative estimate of drug-likeness (QED) is 0.739. The highest BCUT2D eigenvalue weighted by atomic mass is 32.2. The number of carboxylic acid groups (broad SMARTS) is 1. The van der Waals surface area contributed by atoms with Crippen molar-refractivity contribution in [1.29, 1.82) is 0 Å². The number of fused-ring (bicyclic) bond motifs is 1. The van der Waals surface area contributed by atoms with Crippen molar-refractivity contribution in [3.63, 3.8) is 0 Å². The van der Waals surface area contributed by atoms with E-state index < -0.39 is 18.0 Å². The second-order valence-electron chi connectivity index (χ2n) is 5.72. The van der Waals surface area contributed by atoms with Gasteiger partial charge in [-0.2, -0.15) is 0 Å². The lowest BCUT2D eigenvalue weighted by Gasteiger charge is -2.43. The van der Waals surface area contributed by atoms with Gasteiger partial charge in [0.25, 0.3) is 0 Å². The summed E-state index contributed by atoms with van der Waals surface area (Å²) in [4.78, 5) is 25.3. The molecule has 2 N–H and O–H groups in total. The molecule has 0 saturated carbocycles. The van der Waals surface area contributed by atoms with Gasteiger partial charge in [0.1, 0.15) is 11.1 Å². The van der Waals surface area contributed by atoms with Crippen molar-refractivity contribution < 1.29 is 19.8 Å². The number of thioether (sulfide) groups is 1. The van der Waals surface area contributed by atoms with Crippen LogP contribution < -0.4 is 0 Å². The molecule has 0 radical (unpaired) electrons. The molecule has 2 aliphatic rings. The van der Waals surface area contributed by atoms with E-state index in [1.54, 1.807) is 6.92 Å². The van der Waals surface area contributed by atoms with Crippen molar-refractivity contribution in [3.8, 4) is 0 Å². The van der Waals surface area contributed by atoms with Crippen LogP contribution in [0.5, 0.6) is 0 Å². The van der Waals surface area contributed by atoms with Crippen LogP contribution in [-0.4, -0.2) is 38.5 Å². The number of nitrogens with zero attached hydrogens (tertiary/aromatic N) is 1. The van der Waals surface area contributed by atoms with Crippen LogP contribution in [-0.2, 0) is 9.59 Å². The van der Waals surface area contributed by atoms with Gasteiger partial charge in [-0.05, 0) is 12.3 Å². The first kappa shape index (κ1) is 13.4. The number of hydrogen-bond acceptors (Lipinski definition) is 4. The topological polar surface area (TPSA) is 77.8 Å². The van der Waals surface area contributed by atoms with Gasteiger partial charge in [0, 0.05) is 4.91 Å². The van der Waals surface area contributed by atoms with Crippen molar-refractivity contribution in [3.05, 3.63) is 10.6 Å². The molecular weight excluding hydrogens is 254 g/mol. The van der Waals surface area contributed by atoms with Crippen molar-refractivity contribution in [2.75, 3.05) is 0 Å². The Morgan fingerprint density at radius 1 is 1.44 bits per heavy atom. The first-order valence-electron chi connectivity index (χ1n) is 5.82. The Kier molecular flexibility index (Phi) is 2.98. The maximum atomic E-state index is 11.9. The fourth-order valence-electron chi connectivity index (χ4n) is 2.31. The minimum absolute atomic E-state index is 0.0828. The van der Waals surface area contributed by atoms with E-state index in [1.807, 2.05) is 20.8 Å². The van der Waals surface area contributed by atoms with E-state index in [4.69, 9.17) is 0 Å². The summed E-state index contributed by atoms with van der Waals surface area (Å²) in [6.07, 6.45) is -0.749. The Bertz CT molecular complexity index is 449. The lowest BCUT2D eigenvalue weighted by molar-refractivity contribution is -0.156. The Hall–Kier alpha value is -1.01. The van der Waals surface area contributed by atoms with Crippen LogP contribution in [0.1, 0.15) is 27.7 Å². The van der Waals surface area contributed by atoms with Gasteiger partial charge >= 0.3 is 5.97 Å². The fraction of sp³-hybridized carbons (Fsp3) is 0.667. The molecule has 0 spiro atoms. The lowest BCUT2D eigenvalue weighted by Crippen LogP contribution is -2.60. The molecule has 0 aliphatic carbocycles. The van der Waals surface area contributed by atoms with Crippen LogP contribution in [0.4, 0.5) is 0 Å². The molecule has 0 aromatic heterocycles. The molecule has 0 bridgehead atoms. The van der Waals surface area contributed by atoms with E-state index in [0.29, 0.717) is 4.91 Å². The number of carbonyl (C=O) groups excluding carboxylic acids is 1. The molecule has 0 aromatic rings. The summed E-state index contributed by atoms with van der Waals surface area (Å²) in [6, 6.07) is 0. The zero-order chi connectivity index (χ0) is 13.8. The average molecular weight is 271 g/mol. The average Bonchev–Trinajstić information content (AvgIpc) is 2.51. The minimum Gasteiger partial charge on any atom is -0.477 e. The second kappa shape index (κ2) is 3.99. The maximum Gasteiger partial charge on any atom is 0.353 e. The van der Waals surface area contributed by atoms with Crippen molar-refractivity contribution in [2.45, 2.75) is 39.2 Å². The molecule has 18 heavy (non-hydrogen) atoms. The highest BCUT2D eigenvalue weighted by Crippen LogP contribution is 2.55. The Morgan fingerprint density at radius 3 is 2.39 bits per heavy atom. The van der Waals surface area contributed by atoms with Crippen LogP contribution in [0.3, 0.4) is 0 Å². The third kappa shape index (κ3) is 1.75. The Labute approximate surface area is 110 Å². The first-order valence-corrected chi connectivity index (χ1v) is 6.70. The molecule has 5 nitrogen and oxygen atoms in total. The van der Waals surface area contributed by atoms with E-state index in [1.165, 1.54) is 16.7 Å². The molecule has 2 rings (SSSR count). The molecule has 2 heterocycles. The summed E-state index contributed by atoms with van der Waals surface area (Å²) < 4.78 is 0. The highest BCUT2D eigenvalue weighted by Gasteiger charge is 2.58. The zero-order valence-electron chi connectivity index (χ0n) is 10.8. The van der Waals surface area contributed by atoms with Gasteiger partial charge in [-0.3, -0.25) is 9.69 Å². The third-order valence-electron chi connectivity index (χ3n) is 3.18. The van der Waals surface area contributed by atoms with Crippen LogP contribution >= 0.6 is 11.8 Å². The van der Waals surface area contributed by atoms with E-state index in [2.05, 4.69) is 0 Å². The molecule has 2 aliphatic heterocycles. The van der Waals surface area contributed by atoms with Gasteiger partial charge in [0.2, 0.25) is 5.91 Å². The van der Waals surface area contributed by atoms with E-state index in [0.717, 1.165) is 0 Å². The van der Waals surface area contributed by atoms with E-state index in [-0.39, 0.29) is 22.4 Å². The van der Waals surface area contributed by atoms with Crippen LogP contribution in [0, 0.1) is 11.3 Å². The smallest absolute Gasteiger partial charge is 0.353 e. The number of aliphatic hydroxyl groups excluding tert-OH is 1. The van der Waals surface area contributed by atoms with Crippen LogP contribution in [0.15, 0.2) is 10.6 Å². The number of aliphatic carboxylic acids is 1. The van der Waals surface area contributed by atoms with Crippen molar-refractivity contribution >= 4 is 23.6 Å². The Balaban J connectivity index is 2.39. The first-order chi connectivity index (χ1) is 8.16. The maximum absolute atomic E-state index is 11.9. The van der Waals surface area contributed by atoms with Crippen LogP contribution in [0.25, 0.3) is 0 Å². The minimum atomic E-state index is -1.08. The number of β-lactam (4-membered cyclic amide) rings is 1. The monoisotopic (exact) mass is 271 g/mol. The summed E-state index contributed by atoms with van der Waals surface area (Å²) in [5, 5.41) is 18.6. The Morgan fingerprint density at radius 2 is 2.00 bits per heavy atom. The summed E-state index contributed by atoms with van der Waals surface area (Å²) >= 11 is 1.39. The fourth-order valence-corrected chi connectivity index (χ4v) is 4.01. The SMILES string of the molecule is C[C@@H](O)[C@H]1C(=O)N2C(C(=O)O)=C(C(C)(C)C)S[C@H]12. The number of rotatable bonds is 2. The largest absolute Gasteiger partial charge is 0.477 e. The van der Waals surface area contributed by atoms with Gasteiger partial charge < -0.3 is 10.2 Å². The normalized spacial score (nSPS) is 29.2. The molecule has 1 fully saturated rings. The number of amides is 1. The number of carboxylic acids is 1. The predicted octanol–water partition coefficient (Wildman–Crippen LogP) is 1.24. The molecular formula is C12H17NO4S. The standard InChI is InChI=1S/C12H17NO4S/c1-5(14)6-9(15)13-7(11(16)17)8(12(2,3)4)18-10(6)13/h5-6,10,14H,1-4H3,(H,16,17)/t5-,6+,10-/m1/s1. The molecule has 3 atom stereocenters. The lowest BCUT2D eigenvalue weighted by atomic mass is 9.90. The zero-order valence-corrected chi connectivity index (χ0v) is 11.6. The number of allylic oxidation sites excluding steroid dienone is 1. The highest BCUT2D eigenvalue weighted by molar-refractivity contribution is 8.04. The van der Waals surface area contributed by atoms with Crippen LogP contribution in [0.2, 0.25) is 0 Å². The second-order valence-corrected chi connectivity index (χ2v) is 6.84. The van der Waals surface area contributed by atoms with Gasteiger partial charge in [0.15, 0.2) is 0 Å².